The Morgan fingerprint density at radius 2 is 1.85 bits per heavy atom. The van der Waals surface area contributed by atoms with Crippen molar-refractivity contribution in [3.63, 3.8) is 0 Å². The van der Waals surface area contributed by atoms with Gasteiger partial charge in [0.05, 0.1) is 29.8 Å². The number of benzene rings is 1. The summed E-state index contributed by atoms with van der Waals surface area (Å²) in [7, 11) is 0. The Hall–Kier alpha value is -2.30. The number of carbonyl (C=O) groups is 3. The van der Waals surface area contributed by atoms with Crippen LogP contribution in [0.4, 0.5) is 5.69 Å². The molecule has 0 radical (unpaired) electrons. The predicted octanol–water partition coefficient (Wildman–Crippen LogP) is 3.87. The molecule has 3 fully saturated rings. The maximum Gasteiger partial charge on any atom is 0.247 e. The number of nitrogens with zero attached hydrogens (tertiary/aromatic N) is 3. The fraction of sp³-hybridized carbons (Fsp3) is 0.567. The predicted molar refractivity (Wildman–Crippen MR) is 163 cm³/mol. The van der Waals surface area contributed by atoms with Crippen LogP contribution in [-0.4, -0.2) is 91.9 Å². The van der Waals surface area contributed by atoms with Gasteiger partial charge in [0.2, 0.25) is 17.7 Å². The minimum atomic E-state index is -0.789. The molecule has 1 aromatic rings. The van der Waals surface area contributed by atoms with Crippen LogP contribution in [0.3, 0.4) is 0 Å². The van der Waals surface area contributed by atoms with Gasteiger partial charge < -0.3 is 24.5 Å². The third-order valence-electron chi connectivity index (χ3n) is 8.07. The van der Waals surface area contributed by atoms with E-state index >= 15 is 0 Å². The summed E-state index contributed by atoms with van der Waals surface area (Å²) in [5.41, 5.74) is 0.184. The molecule has 2 bridgehead atoms. The summed E-state index contributed by atoms with van der Waals surface area (Å²) < 4.78 is 4.78. The van der Waals surface area contributed by atoms with Crippen molar-refractivity contribution >= 4 is 51.1 Å². The number of likely N-dealkylation sites (tertiary alicyclic amines) is 1. The van der Waals surface area contributed by atoms with Crippen molar-refractivity contribution in [3.05, 3.63) is 49.6 Å². The molecule has 3 saturated heterocycles. The second-order valence-electron chi connectivity index (χ2n) is 11.5. The van der Waals surface area contributed by atoms with Gasteiger partial charge >= 0.3 is 0 Å². The van der Waals surface area contributed by atoms with E-state index in [1.807, 2.05) is 52.0 Å². The number of aliphatic hydroxyl groups is 1. The summed E-state index contributed by atoms with van der Waals surface area (Å²) in [5, 5.41) is 9.75. The van der Waals surface area contributed by atoms with Gasteiger partial charge in [-0.2, -0.15) is 0 Å². The molecule has 0 aliphatic carbocycles. The van der Waals surface area contributed by atoms with Crippen LogP contribution in [0.15, 0.2) is 49.6 Å². The Balaban J connectivity index is 1.76. The van der Waals surface area contributed by atoms with Crippen LogP contribution in [-0.2, 0) is 14.4 Å². The van der Waals surface area contributed by atoms with Crippen LogP contribution in [0.5, 0.6) is 5.75 Å². The van der Waals surface area contributed by atoms with Crippen molar-refractivity contribution in [1.29, 1.82) is 0 Å². The highest BCUT2D eigenvalue weighted by Gasteiger charge is 2.76. The second-order valence-corrected chi connectivity index (χ2v) is 14.2. The molecule has 1 spiro atoms. The van der Waals surface area contributed by atoms with Crippen LogP contribution < -0.4 is 9.64 Å². The third kappa shape index (κ3) is 5.11. The number of ether oxygens (including phenoxy) is 1. The minimum Gasteiger partial charge on any atom is -0.494 e. The fourth-order valence-corrected chi connectivity index (χ4v) is 10.1. The number of carbonyl (C=O) groups excluding carboxylic acids is 3. The van der Waals surface area contributed by atoms with Gasteiger partial charge in [-0.3, -0.25) is 14.4 Å². The lowest BCUT2D eigenvalue weighted by atomic mass is 9.70. The molecule has 0 aromatic heterocycles. The summed E-state index contributed by atoms with van der Waals surface area (Å²) >= 11 is 5.41. The van der Waals surface area contributed by atoms with Gasteiger partial charge in [-0.1, -0.05) is 28.1 Å². The van der Waals surface area contributed by atoms with Crippen LogP contribution >= 0.6 is 27.7 Å². The van der Waals surface area contributed by atoms with Crippen LogP contribution in [0, 0.1) is 11.8 Å². The van der Waals surface area contributed by atoms with E-state index in [0.29, 0.717) is 31.0 Å². The van der Waals surface area contributed by atoms with E-state index in [1.165, 1.54) is 4.90 Å². The lowest BCUT2D eigenvalue weighted by molar-refractivity contribution is -0.145. The third-order valence-corrected chi connectivity index (χ3v) is 11.3. The highest BCUT2D eigenvalue weighted by atomic mass is 79.9. The Bertz CT molecular complexity index is 1150. The molecule has 3 amide bonds. The number of rotatable bonds is 11. The monoisotopic (exact) mass is 633 g/mol. The number of alkyl halides is 1. The normalized spacial score (nSPS) is 28.8. The molecule has 8 nitrogen and oxygen atoms in total. The average molecular weight is 635 g/mol. The number of halogens is 1. The number of hydrogen-bond donors (Lipinski definition) is 1. The van der Waals surface area contributed by atoms with Crippen molar-refractivity contribution in [3.8, 4) is 5.75 Å². The minimum absolute atomic E-state index is 0.0356. The van der Waals surface area contributed by atoms with Gasteiger partial charge in [0.25, 0.3) is 0 Å². The first-order valence-corrected chi connectivity index (χ1v) is 15.6. The Labute approximate surface area is 249 Å². The highest BCUT2D eigenvalue weighted by Crippen LogP contribution is 2.68. The zero-order valence-electron chi connectivity index (χ0n) is 23.7. The highest BCUT2D eigenvalue weighted by molar-refractivity contribution is 9.09. The number of anilines is 1. The van der Waals surface area contributed by atoms with Crippen LogP contribution in [0.1, 0.15) is 34.1 Å². The molecule has 3 aliphatic heterocycles. The topological polar surface area (TPSA) is 90.4 Å². The van der Waals surface area contributed by atoms with E-state index in [0.717, 1.165) is 0 Å². The van der Waals surface area contributed by atoms with Crippen LogP contribution in [0.2, 0.25) is 0 Å². The molecule has 3 heterocycles. The van der Waals surface area contributed by atoms with Crippen molar-refractivity contribution in [2.45, 2.75) is 60.5 Å². The first-order chi connectivity index (χ1) is 19.0. The molecule has 0 saturated carbocycles. The number of amides is 3. The zero-order valence-corrected chi connectivity index (χ0v) is 26.1. The number of aliphatic hydroxyl groups excluding tert-OH is 1. The van der Waals surface area contributed by atoms with Gasteiger partial charge in [0.15, 0.2) is 0 Å². The molecule has 10 heteroatoms. The van der Waals surface area contributed by atoms with E-state index in [2.05, 4.69) is 29.1 Å². The molecule has 3 unspecified atom stereocenters. The van der Waals surface area contributed by atoms with Crippen molar-refractivity contribution in [1.82, 2.24) is 9.80 Å². The molecule has 3 aliphatic rings. The Morgan fingerprint density at radius 3 is 2.40 bits per heavy atom. The van der Waals surface area contributed by atoms with E-state index in [4.69, 9.17) is 4.74 Å². The maximum atomic E-state index is 14.4. The number of thioether (sulfide) groups is 1. The average Bonchev–Trinajstić information content (AvgIpc) is 3.49. The standard InChI is InChI=1S/C30H40BrN3O5S/c1-7-14-32(19-10-12-20(13-11-19)39-9-3)26(36)22-23-27(37)33(16-17-35)25(30(23)18-21(31)24(22)40-30)28(38)34(15-8-2)29(4,5)6/h7-8,10-13,21-25,35H,1-2,9,14-18H2,3-6H3/t21?,22-,23-,24-,25?,30?/m0/s1. The number of hydrogen-bond acceptors (Lipinski definition) is 6. The smallest absolute Gasteiger partial charge is 0.247 e. The van der Waals surface area contributed by atoms with E-state index < -0.39 is 28.2 Å². The summed E-state index contributed by atoms with van der Waals surface area (Å²) in [5.74, 6) is -1.18. The lowest BCUT2D eigenvalue weighted by Gasteiger charge is -2.42. The van der Waals surface area contributed by atoms with E-state index in [-0.39, 0.29) is 47.5 Å². The molecule has 218 valence electrons. The Morgan fingerprint density at radius 1 is 1.20 bits per heavy atom. The van der Waals surface area contributed by atoms with Crippen molar-refractivity contribution in [2.75, 3.05) is 37.7 Å². The maximum absolute atomic E-state index is 14.4. The molecular formula is C30H40BrN3O5S. The van der Waals surface area contributed by atoms with Gasteiger partial charge in [0, 0.05) is 40.9 Å². The SMILES string of the molecule is C=CCN(C(=O)[C@H]1[C@H]2C(=O)N(CCO)C(C(=O)N(CC=C)C(C)(C)C)C23CC(Br)[C@@H]1S3)c1ccc(OCC)cc1. The van der Waals surface area contributed by atoms with Gasteiger partial charge in [-0.25, -0.2) is 0 Å². The van der Waals surface area contributed by atoms with Gasteiger partial charge in [-0.05, 0) is 58.4 Å². The summed E-state index contributed by atoms with van der Waals surface area (Å²) in [6.07, 6.45) is 3.94. The first-order valence-electron chi connectivity index (χ1n) is 13.8. The van der Waals surface area contributed by atoms with Gasteiger partial charge in [0.1, 0.15) is 11.8 Å². The fourth-order valence-electron chi connectivity index (χ4n) is 6.53. The van der Waals surface area contributed by atoms with Crippen LogP contribution in [0.25, 0.3) is 0 Å². The van der Waals surface area contributed by atoms with Gasteiger partial charge in [-0.15, -0.1) is 24.9 Å². The zero-order chi connectivity index (χ0) is 29.4. The second kappa shape index (κ2) is 11.9. The number of β-amino-alcohol motifs (C(OH)–C–C–N with tert-alkyl or cyclic N) is 1. The molecule has 6 atom stereocenters. The quantitative estimate of drug-likeness (QED) is 0.294. The molecule has 1 aromatic carbocycles. The van der Waals surface area contributed by atoms with E-state index in [9.17, 15) is 19.5 Å². The molecule has 4 rings (SSSR count). The largest absolute Gasteiger partial charge is 0.494 e. The summed E-state index contributed by atoms with van der Waals surface area (Å²) in [4.78, 5) is 47.7. The number of fused-ring (bicyclic) bond motifs is 1. The summed E-state index contributed by atoms with van der Waals surface area (Å²) in [6, 6.07) is 6.54. The lowest BCUT2D eigenvalue weighted by Crippen LogP contribution is -2.59. The summed E-state index contributed by atoms with van der Waals surface area (Å²) in [6.45, 7) is 16.4. The van der Waals surface area contributed by atoms with E-state index in [1.54, 1.807) is 33.7 Å². The molecule has 1 N–H and O–H groups in total. The van der Waals surface area contributed by atoms with Crippen molar-refractivity contribution < 1.29 is 24.2 Å². The van der Waals surface area contributed by atoms with Crippen molar-refractivity contribution in [2.24, 2.45) is 11.8 Å². The molecule has 40 heavy (non-hydrogen) atoms. The first kappa shape index (κ1) is 30.7. The Kier molecular flexibility index (Phi) is 9.12. The molecular weight excluding hydrogens is 594 g/mol.